The van der Waals surface area contributed by atoms with Crippen molar-refractivity contribution in [2.45, 2.75) is 6.04 Å². The maximum atomic E-state index is 5.54. The first-order valence-corrected chi connectivity index (χ1v) is 5.70. The van der Waals surface area contributed by atoms with Crippen LogP contribution in [0, 0.1) is 0 Å². The molecule has 0 aliphatic rings. The molecule has 96 valence electrons. The molecule has 1 aromatic rings. The fourth-order valence-electron chi connectivity index (χ4n) is 1.63. The van der Waals surface area contributed by atoms with Crippen molar-refractivity contribution in [1.29, 1.82) is 0 Å². The van der Waals surface area contributed by atoms with Crippen LogP contribution in [0.15, 0.2) is 24.3 Å². The Balaban J connectivity index is 2.59. The van der Waals surface area contributed by atoms with Crippen molar-refractivity contribution in [3.63, 3.8) is 0 Å². The Morgan fingerprint density at radius 2 is 1.94 bits per heavy atom. The van der Waals surface area contributed by atoms with Crippen molar-refractivity contribution in [1.82, 2.24) is 5.32 Å². The fraction of sp³-hybridized carbons (Fsp3) is 0.538. The Bertz CT molecular complexity index is 317. The molecule has 4 heteroatoms. The molecule has 0 bridgehead atoms. The lowest BCUT2D eigenvalue weighted by Gasteiger charge is -2.19. The Morgan fingerprint density at radius 3 is 2.59 bits per heavy atom. The molecule has 0 spiro atoms. The average Bonchev–Trinajstić information content (AvgIpc) is 2.39. The van der Waals surface area contributed by atoms with E-state index in [2.05, 4.69) is 5.32 Å². The molecule has 0 heterocycles. The van der Waals surface area contributed by atoms with Gasteiger partial charge >= 0.3 is 0 Å². The summed E-state index contributed by atoms with van der Waals surface area (Å²) >= 11 is 0. The SMILES string of the molecule is CNC(COCCOC)c1ccccc1OC. The molecule has 1 N–H and O–H groups in total. The summed E-state index contributed by atoms with van der Waals surface area (Å²) in [6.07, 6.45) is 0. The summed E-state index contributed by atoms with van der Waals surface area (Å²) in [5.74, 6) is 0.877. The van der Waals surface area contributed by atoms with E-state index in [4.69, 9.17) is 14.2 Å². The first-order chi connectivity index (χ1) is 8.33. The Kier molecular flexibility index (Phi) is 6.62. The largest absolute Gasteiger partial charge is 0.496 e. The van der Waals surface area contributed by atoms with E-state index >= 15 is 0 Å². The van der Waals surface area contributed by atoms with E-state index in [0.717, 1.165) is 11.3 Å². The molecule has 4 nitrogen and oxygen atoms in total. The minimum Gasteiger partial charge on any atom is -0.496 e. The topological polar surface area (TPSA) is 39.7 Å². The lowest BCUT2D eigenvalue weighted by molar-refractivity contribution is 0.0593. The van der Waals surface area contributed by atoms with Crippen LogP contribution in [0.25, 0.3) is 0 Å². The molecule has 0 radical (unpaired) electrons. The van der Waals surface area contributed by atoms with Gasteiger partial charge in [0.05, 0.1) is 33.0 Å². The second-order valence-electron chi connectivity index (χ2n) is 3.65. The zero-order chi connectivity index (χ0) is 12.5. The highest BCUT2D eigenvalue weighted by Gasteiger charge is 2.13. The Hall–Kier alpha value is -1.10. The zero-order valence-corrected chi connectivity index (χ0v) is 10.7. The zero-order valence-electron chi connectivity index (χ0n) is 10.7. The van der Waals surface area contributed by atoms with Gasteiger partial charge in [-0.3, -0.25) is 0 Å². The molecular formula is C13H21NO3. The van der Waals surface area contributed by atoms with E-state index in [1.165, 1.54) is 0 Å². The molecule has 1 atom stereocenters. The third-order valence-electron chi connectivity index (χ3n) is 2.58. The molecule has 0 amide bonds. The van der Waals surface area contributed by atoms with E-state index in [1.807, 2.05) is 31.3 Å². The van der Waals surface area contributed by atoms with Gasteiger partial charge in [-0.1, -0.05) is 18.2 Å². The van der Waals surface area contributed by atoms with Gasteiger partial charge in [0.15, 0.2) is 0 Å². The third-order valence-corrected chi connectivity index (χ3v) is 2.58. The summed E-state index contributed by atoms with van der Waals surface area (Å²) in [5, 5.41) is 3.22. The molecule has 0 fully saturated rings. The standard InChI is InChI=1S/C13H21NO3/c1-14-12(10-17-9-8-15-2)11-6-4-5-7-13(11)16-3/h4-7,12,14H,8-10H2,1-3H3. The Morgan fingerprint density at radius 1 is 1.18 bits per heavy atom. The van der Waals surface area contributed by atoms with Crippen molar-refractivity contribution in [3.05, 3.63) is 29.8 Å². The number of nitrogens with one attached hydrogen (secondary N) is 1. The second kappa shape index (κ2) is 8.06. The van der Waals surface area contributed by atoms with Gasteiger partial charge in [0.1, 0.15) is 5.75 Å². The smallest absolute Gasteiger partial charge is 0.123 e. The minimum atomic E-state index is 0.128. The van der Waals surface area contributed by atoms with E-state index in [9.17, 15) is 0 Å². The van der Waals surface area contributed by atoms with Crippen LogP contribution in [0.1, 0.15) is 11.6 Å². The molecule has 0 aromatic heterocycles. The molecule has 0 saturated carbocycles. The van der Waals surface area contributed by atoms with Crippen LogP contribution in [0.4, 0.5) is 0 Å². The second-order valence-corrected chi connectivity index (χ2v) is 3.65. The van der Waals surface area contributed by atoms with Gasteiger partial charge in [-0.05, 0) is 13.1 Å². The number of hydrogen-bond acceptors (Lipinski definition) is 4. The van der Waals surface area contributed by atoms with Crippen LogP contribution in [-0.2, 0) is 9.47 Å². The van der Waals surface area contributed by atoms with Gasteiger partial charge in [0, 0.05) is 12.7 Å². The first kappa shape index (κ1) is 14.0. The first-order valence-electron chi connectivity index (χ1n) is 5.70. The molecule has 1 unspecified atom stereocenters. The number of ether oxygens (including phenoxy) is 3. The van der Waals surface area contributed by atoms with Crippen molar-refractivity contribution in [3.8, 4) is 5.75 Å². The van der Waals surface area contributed by atoms with E-state index in [1.54, 1.807) is 14.2 Å². The van der Waals surface area contributed by atoms with Crippen molar-refractivity contribution < 1.29 is 14.2 Å². The molecular weight excluding hydrogens is 218 g/mol. The van der Waals surface area contributed by atoms with E-state index < -0.39 is 0 Å². The summed E-state index contributed by atoms with van der Waals surface area (Å²) in [7, 11) is 5.26. The predicted octanol–water partition coefficient (Wildman–Crippen LogP) is 1.62. The van der Waals surface area contributed by atoms with Crippen molar-refractivity contribution in [2.24, 2.45) is 0 Å². The summed E-state index contributed by atoms with van der Waals surface area (Å²) in [5.41, 5.74) is 1.11. The van der Waals surface area contributed by atoms with Crippen LogP contribution in [0.3, 0.4) is 0 Å². The monoisotopic (exact) mass is 239 g/mol. The van der Waals surface area contributed by atoms with Crippen LogP contribution < -0.4 is 10.1 Å². The maximum absolute atomic E-state index is 5.54. The molecule has 17 heavy (non-hydrogen) atoms. The maximum Gasteiger partial charge on any atom is 0.123 e. The summed E-state index contributed by atoms with van der Waals surface area (Å²) in [6, 6.07) is 8.08. The minimum absolute atomic E-state index is 0.128. The highest BCUT2D eigenvalue weighted by Crippen LogP contribution is 2.24. The lowest BCUT2D eigenvalue weighted by atomic mass is 10.1. The van der Waals surface area contributed by atoms with Crippen LogP contribution in [-0.4, -0.2) is 41.1 Å². The molecule has 0 saturated heterocycles. The van der Waals surface area contributed by atoms with Gasteiger partial charge in [-0.2, -0.15) is 0 Å². The van der Waals surface area contributed by atoms with Gasteiger partial charge in [-0.25, -0.2) is 0 Å². The number of methoxy groups -OCH3 is 2. The predicted molar refractivity (Wildman–Crippen MR) is 67.5 cm³/mol. The number of likely N-dealkylation sites (N-methyl/N-ethyl adjacent to an activating group) is 1. The molecule has 0 aliphatic heterocycles. The number of hydrogen-bond donors (Lipinski definition) is 1. The van der Waals surface area contributed by atoms with Gasteiger partial charge < -0.3 is 19.5 Å². The molecule has 1 aromatic carbocycles. The highest BCUT2D eigenvalue weighted by molar-refractivity contribution is 5.35. The van der Waals surface area contributed by atoms with Gasteiger partial charge in [0.2, 0.25) is 0 Å². The van der Waals surface area contributed by atoms with Gasteiger partial charge in [0.25, 0.3) is 0 Å². The van der Waals surface area contributed by atoms with E-state index in [-0.39, 0.29) is 6.04 Å². The summed E-state index contributed by atoms with van der Waals surface area (Å²) < 4.78 is 15.8. The fourth-order valence-corrected chi connectivity index (χ4v) is 1.63. The molecule has 0 aliphatic carbocycles. The quantitative estimate of drug-likeness (QED) is 0.700. The van der Waals surface area contributed by atoms with Gasteiger partial charge in [-0.15, -0.1) is 0 Å². The molecule has 1 rings (SSSR count). The highest BCUT2D eigenvalue weighted by atomic mass is 16.5. The lowest BCUT2D eigenvalue weighted by Crippen LogP contribution is -2.23. The van der Waals surface area contributed by atoms with Crippen molar-refractivity contribution >= 4 is 0 Å². The number of rotatable bonds is 8. The van der Waals surface area contributed by atoms with Crippen molar-refractivity contribution in [2.75, 3.05) is 41.1 Å². The number of benzene rings is 1. The van der Waals surface area contributed by atoms with Crippen LogP contribution in [0.5, 0.6) is 5.75 Å². The third kappa shape index (κ3) is 4.34. The van der Waals surface area contributed by atoms with E-state index in [0.29, 0.717) is 19.8 Å². The van der Waals surface area contributed by atoms with Crippen LogP contribution >= 0.6 is 0 Å². The Labute approximate surface area is 103 Å². The average molecular weight is 239 g/mol. The normalized spacial score (nSPS) is 12.4. The summed E-state index contributed by atoms with van der Waals surface area (Å²) in [4.78, 5) is 0. The van der Waals surface area contributed by atoms with Crippen LogP contribution in [0.2, 0.25) is 0 Å². The number of para-hydroxylation sites is 1. The summed E-state index contributed by atoms with van der Waals surface area (Å²) in [6.45, 7) is 1.81.